The van der Waals surface area contributed by atoms with E-state index in [-0.39, 0.29) is 18.0 Å². The van der Waals surface area contributed by atoms with E-state index in [1.807, 2.05) is 57.2 Å². The number of carbonyl (C=O) groups excluding carboxylic acids is 1. The number of nitrogens with one attached hydrogen (secondary N) is 1. The van der Waals surface area contributed by atoms with E-state index in [4.69, 9.17) is 11.6 Å². The summed E-state index contributed by atoms with van der Waals surface area (Å²) < 4.78 is 27.8. The van der Waals surface area contributed by atoms with Crippen LogP contribution in [0.25, 0.3) is 0 Å². The van der Waals surface area contributed by atoms with Gasteiger partial charge in [-0.15, -0.1) is 0 Å². The van der Waals surface area contributed by atoms with E-state index in [1.165, 1.54) is 28.6 Å². The van der Waals surface area contributed by atoms with Crippen molar-refractivity contribution in [3.8, 4) is 0 Å². The van der Waals surface area contributed by atoms with Gasteiger partial charge < -0.3 is 5.32 Å². The molecule has 0 fully saturated rings. The maximum Gasteiger partial charge on any atom is 0.243 e. The lowest BCUT2D eigenvalue weighted by Gasteiger charge is -2.22. The number of benzene rings is 3. The van der Waals surface area contributed by atoms with E-state index in [0.717, 1.165) is 22.3 Å². The molecule has 0 unspecified atom stereocenters. The summed E-state index contributed by atoms with van der Waals surface area (Å²) in [5.74, 6) is -0.409. The molecule has 3 aromatic carbocycles. The van der Waals surface area contributed by atoms with E-state index in [0.29, 0.717) is 10.7 Å². The number of rotatable bonds is 7. The largest absolute Gasteiger partial charge is 0.325 e. The summed E-state index contributed by atoms with van der Waals surface area (Å²) in [5.41, 5.74) is 4.61. The number of amides is 1. The van der Waals surface area contributed by atoms with E-state index in [2.05, 4.69) is 5.32 Å². The minimum Gasteiger partial charge on any atom is -0.325 e. The smallest absolute Gasteiger partial charge is 0.243 e. The Kier molecular flexibility index (Phi) is 7.15. The number of halogens is 1. The minimum absolute atomic E-state index is 0.0764. The molecule has 0 heterocycles. The van der Waals surface area contributed by atoms with Crippen molar-refractivity contribution in [2.24, 2.45) is 0 Å². The molecule has 5 nitrogen and oxygen atoms in total. The van der Waals surface area contributed by atoms with Crippen molar-refractivity contribution < 1.29 is 13.2 Å². The lowest BCUT2D eigenvalue weighted by molar-refractivity contribution is -0.116. The molecule has 0 saturated heterocycles. The Balaban J connectivity index is 1.88. The first-order valence-corrected chi connectivity index (χ1v) is 11.7. The lowest BCUT2D eigenvalue weighted by Crippen LogP contribution is -2.37. The first kappa shape index (κ1) is 23.0. The zero-order chi connectivity index (χ0) is 22.6. The Morgan fingerprint density at radius 3 is 2.29 bits per heavy atom. The third-order valence-electron chi connectivity index (χ3n) is 5.00. The molecular weight excluding hydrogens is 432 g/mol. The Labute approximate surface area is 188 Å². The summed E-state index contributed by atoms with van der Waals surface area (Å²) in [6.45, 7) is 5.65. The second-order valence-corrected chi connectivity index (χ2v) is 9.94. The third kappa shape index (κ3) is 5.94. The highest BCUT2D eigenvalue weighted by Gasteiger charge is 2.27. The van der Waals surface area contributed by atoms with Crippen LogP contribution in [0, 0.1) is 20.8 Å². The van der Waals surface area contributed by atoms with Gasteiger partial charge in [0.1, 0.15) is 0 Å². The number of anilines is 1. The Hall–Kier alpha value is -2.67. The fourth-order valence-electron chi connectivity index (χ4n) is 3.18. The van der Waals surface area contributed by atoms with Crippen LogP contribution in [0.15, 0.2) is 71.6 Å². The Morgan fingerprint density at radius 1 is 0.935 bits per heavy atom. The highest BCUT2D eigenvalue weighted by Crippen LogP contribution is 2.21. The molecule has 0 aliphatic heterocycles. The second kappa shape index (κ2) is 9.64. The molecule has 0 atom stereocenters. The van der Waals surface area contributed by atoms with Crippen molar-refractivity contribution in [1.29, 1.82) is 0 Å². The van der Waals surface area contributed by atoms with Gasteiger partial charge in [-0.1, -0.05) is 47.5 Å². The predicted octanol–water partition coefficient (Wildman–Crippen LogP) is 5.09. The average Bonchev–Trinajstić information content (AvgIpc) is 2.70. The number of sulfonamides is 1. The van der Waals surface area contributed by atoms with Crippen molar-refractivity contribution in [2.75, 3.05) is 11.9 Å². The van der Waals surface area contributed by atoms with Gasteiger partial charge in [-0.25, -0.2) is 8.42 Å². The number of aryl methyl sites for hydroxylation is 3. The standard InChI is InChI=1S/C24H25ClN2O3S/c1-17-5-4-6-20(13-17)15-27(31(29,30)23-11-8-21(25)9-12-23)16-24(28)26-22-10-7-18(2)19(3)14-22/h4-14H,15-16H2,1-3H3,(H,26,28). The van der Waals surface area contributed by atoms with Gasteiger partial charge in [0, 0.05) is 17.3 Å². The first-order chi connectivity index (χ1) is 14.6. The molecule has 0 aromatic heterocycles. The summed E-state index contributed by atoms with van der Waals surface area (Å²) in [4.78, 5) is 12.9. The SMILES string of the molecule is Cc1cccc(CN(CC(=O)Nc2ccc(C)c(C)c2)S(=O)(=O)c2ccc(Cl)cc2)c1. The predicted molar refractivity (Wildman–Crippen MR) is 125 cm³/mol. The van der Waals surface area contributed by atoms with Crippen LogP contribution in [0.4, 0.5) is 5.69 Å². The molecule has 1 amide bonds. The normalized spacial score (nSPS) is 11.5. The van der Waals surface area contributed by atoms with Gasteiger partial charge in [0.25, 0.3) is 0 Å². The summed E-state index contributed by atoms with van der Waals surface area (Å²) in [6, 6.07) is 19.1. The monoisotopic (exact) mass is 456 g/mol. The van der Waals surface area contributed by atoms with Crippen LogP contribution in [0.2, 0.25) is 5.02 Å². The number of hydrogen-bond donors (Lipinski definition) is 1. The zero-order valence-corrected chi connectivity index (χ0v) is 19.3. The van der Waals surface area contributed by atoms with Crippen LogP contribution in [0.3, 0.4) is 0 Å². The average molecular weight is 457 g/mol. The van der Waals surface area contributed by atoms with Crippen molar-refractivity contribution in [2.45, 2.75) is 32.2 Å². The number of carbonyl (C=O) groups is 1. The fraction of sp³-hybridized carbons (Fsp3) is 0.208. The molecule has 0 radical (unpaired) electrons. The molecule has 0 aliphatic carbocycles. The molecule has 0 aliphatic rings. The molecular formula is C24H25ClN2O3S. The summed E-state index contributed by atoms with van der Waals surface area (Å²) >= 11 is 5.91. The van der Waals surface area contributed by atoms with Crippen LogP contribution in [0.5, 0.6) is 0 Å². The van der Waals surface area contributed by atoms with Crippen LogP contribution >= 0.6 is 11.6 Å². The fourth-order valence-corrected chi connectivity index (χ4v) is 4.69. The van der Waals surface area contributed by atoms with Gasteiger partial charge in [0.2, 0.25) is 15.9 Å². The zero-order valence-electron chi connectivity index (χ0n) is 17.7. The third-order valence-corrected chi connectivity index (χ3v) is 7.06. The van der Waals surface area contributed by atoms with Crippen molar-refractivity contribution in [3.05, 3.63) is 94.0 Å². The molecule has 0 saturated carbocycles. The van der Waals surface area contributed by atoms with Gasteiger partial charge in [-0.05, 0) is 73.9 Å². The molecule has 3 rings (SSSR count). The van der Waals surface area contributed by atoms with Gasteiger partial charge in [-0.3, -0.25) is 4.79 Å². The molecule has 162 valence electrons. The summed E-state index contributed by atoms with van der Waals surface area (Å²) in [6.07, 6.45) is 0. The van der Waals surface area contributed by atoms with Crippen LogP contribution < -0.4 is 5.32 Å². The van der Waals surface area contributed by atoms with Crippen LogP contribution in [-0.4, -0.2) is 25.2 Å². The van der Waals surface area contributed by atoms with E-state index in [1.54, 1.807) is 6.07 Å². The molecule has 0 bridgehead atoms. The molecule has 31 heavy (non-hydrogen) atoms. The van der Waals surface area contributed by atoms with Gasteiger partial charge in [-0.2, -0.15) is 4.31 Å². The summed E-state index contributed by atoms with van der Waals surface area (Å²) in [5, 5.41) is 3.25. The van der Waals surface area contributed by atoms with Gasteiger partial charge in [0.05, 0.1) is 11.4 Å². The van der Waals surface area contributed by atoms with Crippen molar-refractivity contribution >= 4 is 33.2 Å². The van der Waals surface area contributed by atoms with E-state index in [9.17, 15) is 13.2 Å². The van der Waals surface area contributed by atoms with E-state index < -0.39 is 15.9 Å². The topological polar surface area (TPSA) is 66.5 Å². The maximum atomic E-state index is 13.3. The molecule has 3 aromatic rings. The van der Waals surface area contributed by atoms with Crippen LogP contribution in [0.1, 0.15) is 22.3 Å². The summed E-state index contributed by atoms with van der Waals surface area (Å²) in [7, 11) is -3.92. The maximum absolute atomic E-state index is 13.3. The first-order valence-electron chi connectivity index (χ1n) is 9.83. The van der Waals surface area contributed by atoms with E-state index >= 15 is 0 Å². The quantitative estimate of drug-likeness (QED) is 0.538. The Morgan fingerprint density at radius 2 is 1.65 bits per heavy atom. The lowest BCUT2D eigenvalue weighted by atomic mass is 10.1. The number of nitrogens with zero attached hydrogens (tertiary/aromatic N) is 1. The number of hydrogen-bond acceptors (Lipinski definition) is 3. The molecule has 7 heteroatoms. The van der Waals surface area contributed by atoms with Crippen molar-refractivity contribution in [1.82, 2.24) is 4.31 Å². The Bertz CT molecular complexity index is 1190. The van der Waals surface area contributed by atoms with Gasteiger partial charge >= 0.3 is 0 Å². The highest BCUT2D eigenvalue weighted by atomic mass is 35.5. The highest BCUT2D eigenvalue weighted by molar-refractivity contribution is 7.89. The molecule has 1 N–H and O–H groups in total. The molecule has 0 spiro atoms. The minimum atomic E-state index is -3.92. The second-order valence-electron chi connectivity index (χ2n) is 7.56. The van der Waals surface area contributed by atoms with Gasteiger partial charge in [0.15, 0.2) is 0 Å². The van der Waals surface area contributed by atoms with Crippen LogP contribution in [-0.2, 0) is 21.4 Å². The van der Waals surface area contributed by atoms with Crippen molar-refractivity contribution in [3.63, 3.8) is 0 Å².